The van der Waals surface area contributed by atoms with Crippen LogP contribution in [0.3, 0.4) is 0 Å². The Labute approximate surface area is 81.5 Å². The van der Waals surface area contributed by atoms with Crippen molar-refractivity contribution >= 4 is 16.0 Å². The second-order valence-corrected chi connectivity index (χ2v) is 4.50. The Morgan fingerprint density at radius 1 is 1.50 bits per heavy atom. The smallest absolute Gasteiger partial charge is 0.285 e. The lowest BCUT2D eigenvalue weighted by Gasteiger charge is -2.09. The molecule has 0 saturated heterocycles. The molecule has 0 aromatic rings. The number of nitrogens with zero attached hydrogens (tertiary/aromatic N) is 2. The van der Waals surface area contributed by atoms with Gasteiger partial charge in [0, 0.05) is 6.08 Å². The summed E-state index contributed by atoms with van der Waals surface area (Å²) in [5.41, 5.74) is 0.0133. The molecular weight excluding hydrogens is 208 g/mol. The van der Waals surface area contributed by atoms with Crippen LogP contribution in [0, 0.1) is 0 Å². The van der Waals surface area contributed by atoms with E-state index in [1.54, 1.807) is 6.92 Å². The van der Waals surface area contributed by atoms with Gasteiger partial charge in [0.25, 0.3) is 16.0 Å². The van der Waals surface area contributed by atoms with Crippen LogP contribution >= 0.6 is 0 Å². The molecule has 14 heavy (non-hydrogen) atoms. The van der Waals surface area contributed by atoms with Crippen molar-refractivity contribution < 1.29 is 17.8 Å². The van der Waals surface area contributed by atoms with E-state index < -0.39 is 21.3 Å². The number of hydrogen-bond donors (Lipinski definition) is 1. The molecule has 1 amide bonds. The molecule has 0 aromatic carbocycles. The van der Waals surface area contributed by atoms with E-state index in [9.17, 15) is 13.2 Å². The van der Waals surface area contributed by atoms with Gasteiger partial charge < -0.3 is 0 Å². The summed E-state index contributed by atoms with van der Waals surface area (Å²) < 4.78 is 30.7. The molecule has 6 nitrogen and oxygen atoms in total. The Bertz CT molecular complexity index is 396. The van der Waals surface area contributed by atoms with Gasteiger partial charge in [-0.3, -0.25) is 9.35 Å². The Hall–Kier alpha value is -1.08. The van der Waals surface area contributed by atoms with E-state index >= 15 is 0 Å². The molecule has 1 aliphatic heterocycles. The fraction of sp³-hybridized carbons (Fsp3) is 0.571. The van der Waals surface area contributed by atoms with Crippen LogP contribution in [0.15, 0.2) is 22.0 Å². The Morgan fingerprint density at radius 2 is 2.14 bits per heavy atom. The predicted octanol–water partition coefficient (Wildman–Crippen LogP) is 0.919. The van der Waals surface area contributed by atoms with Gasteiger partial charge in [0.2, 0.25) is 0 Å². The first-order valence-corrected chi connectivity index (χ1v) is 5.59. The molecule has 1 unspecified atom stereocenters. The van der Waals surface area contributed by atoms with E-state index in [2.05, 4.69) is 10.2 Å². The molecule has 1 atom stereocenters. The molecular formula is C7H10N2O4S. The van der Waals surface area contributed by atoms with Gasteiger partial charge in [0.05, 0.1) is 5.70 Å². The molecule has 0 spiro atoms. The van der Waals surface area contributed by atoms with Crippen LogP contribution in [0.1, 0.15) is 19.8 Å². The van der Waals surface area contributed by atoms with Gasteiger partial charge in [0.15, 0.2) is 0 Å². The highest BCUT2D eigenvalue weighted by Gasteiger charge is 2.29. The summed E-state index contributed by atoms with van der Waals surface area (Å²) in [4.78, 5) is 10.7. The summed E-state index contributed by atoms with van der Waals surface area (Å²) in [5, 5.41) is 5.42. The van der Waals surface area contributed by atoms with Crippen molar-refractivity contribution in [3.05, 3.63) is 11.8 Å². The summed E-state index contributed by atoms with van der Waals surface area (Å²) in [6.45, 7) is 1.77. The largest absolute Gasteiger partial charge is 0.290 e. The average Bonchev–Trinajstić information content (AvgIpc) is 2.45. The molecule has 78 valence electrons. The van der Waals surface area contributed by atoms with Crippen LogP contribution in [0.4, 0.5) is 0 Å². The van der Waals surface area contributed by atoms with Crippen molar-refractivity contribution in [1.29, 1.82) is 0 Å². The summed E-state index contributed by atoms with van der Waals surface area (Å²) in [7, 11) is -4.21. The lowest BCUT2D eigenvalue weighted by atomic mass is 10.2. The van der Waals surface area contributed by atoms with E-state index in [0.717, 1.165) is 6.08 Å². The third-order valence-electron chi connectivity index (χ3n) is 1.78. The van der Waals surface area contributed by atoms with Crippen LogP contribution in [-0.4, -0.2) is 24.1 Å². The number of hydrogen-bond acceptors (Lipinski definition) is 4. The van der Waals surface area contributed by atoms with E-state index in [-0.39, 0.29) is 12.1 Å². The number of amides is 1. The third kappa shape index (κ3) is 2.46. The van der Waals surface area contributed by atoms with Crippen molar-refractivity contribution in [2.75, 3.05) is 0 Å². The van der Waals surface area contributed by atoms with Crippen molar-refractivity contribution in [3.8, 4) is 0 Å². The molecule has 0 fully saturated rings. The average molecular weight is 218 g/mol. The molecule has 1 aliphatic rings. The molecule has 0 aliphatic carbocycles. The molecule has 7 heteroatoms. The fourth-order valence-corrected chi connectivity index (χ4v) is 2.11. The molecule has 0 radical (unpaired) electrons. The summed E-state index contributed by atoms with van der Waals surface area (Å²) in [6.07, 6.45) is 1.80. The first-order valence-electron chi connectivity index (χ1n) is 4.08. The van der Waals surface area contributed by atoms with Gasteiger partial charge in [-0.2, -0.15) is 13.5 Å². The van der Waals surface area contributed by atoms with Gasteiger partial charge in [-0.25, -0.2) is 0 Å². The van der Waals surface area contributed by atoms with Gasteiger partial charge in [-0.15, -0.1) is 5.11 Å². The minimum Gasteiger partial charge on any atom is -0.285 e. The zero-order valence-electron chi connectivity index (χ0n) is 7.54. The van der Waals surface area contributed by atoms with E-state index in [1.807, 2.05) is 0 Å². The first-order chi connectivity index (χ1) is 6.45. The minimum absolute atomic E-state index is 0.0133. The second-order valence-electron chi connectivity index (χ2n) is 2.90. The van der Waals surface area contributed by atoms with Gasteiger partial charge >= 0.3 is 0 Å². The standard InChI is InChI=1S/C7H10N2O4S/c1-2-3-6(14(11,12)13)5-4-7(10)9-8-5/h4,6H,2-3H2,1H3,(H,11,12,13). The highest BCUT2D eigenvalue weighted by Crippen LogP contribution is 2.21. The maximum absolute atomic E-state index is 10.9. The summed E-state index contributed by atoms with van der Waals surface area (Å²) >= 11 is 0. The lowest BCUT2D eigenvalue weighted by molar-refractivity contribution is -0.113. The Morgan fingerprint density at radius 3 is 2.50 bits per heavy atom. The number of carbonyl (C=O) groups is 1. The van der Waals surface area contributed by atoms with Crippen molar-refractivity contribution in [1.82, 2.24) is 0 Å². The quantitative estimate of drug-likeness (QED) is 0.709. The normalized spacial score (nSPS) is 18.4. The predicted molar refractivity (Wildman–Crippen MR) is 48.2 cm³/mol. The summed E-state index contributed by atoms with van der Waals surface area (Å²) in [5.74, 6) is -0.593. The first kappa shape index (κ1) is 11.0. The topological polar surface area (TPSA) is 96.2 Å². The molecule has 0 bridgehead atoms. The van der Waals surface area contributed by atoms with Gasteiger partial charge in [-0.1, -0.05) is 13.3 Å². The maximum atomic E-state index is 10.9. The highest BCUT2D eigenvalue weighted by atomic mass is 32.2. The third-order valence-corrected chi connectivity index (χ3v) is 2.97. The van der Waals surface area contributed by atoms with Crippen LogP contribution in [0.5, 0.6) is 0 Å². The van der Waals surface area contributed by atoms with Gasteiger partial charge in [0.1, 0.15) is 5.25 Å². The van der Waals surface area contributed by atoms with Gasteiger partial charge in [-0.05, 0) is 6.42 Å². The molecule has 0 aromatic heterocycles. The minimum atomic E-state index is -4.21. The Kier molecular flexibility index (Phi) is 3.12. The zero-order valence-corrected chi connectivity index (χ0v) is 8.36. The molecule has 1 N–H and O–H groups in total. The summed E-state index contributed by atoms with van der Waals surface area (Å²) in [6, 6.07) is 0. The van der Waals surface area contributed by atoms with E-state index in [4.69, 9.17) is 4.55 Å². The molecule has 0 saturated carbocycles. The van der Waals surface area contributed by atoms with E-state index in [1.165, 1.54) is 0 Å². The number of rotatable bonds is 4. The van der Waals surface area contributed by atoms with Crippen LogP contribution in [0.2, 0.25) is 0 Å². The number of carbonyl (C=O) groups excluding carboxylic acids is 1. The molecule has 1 heterocycles. The molecule has 1 rings (SSSR count). The SMILES string of the molecule is CCCC(C1=CC(=O)N=N1)S(=O)(=O)O. The fourth-order valence-electron chi connectivity index (χ4n) is 1.16. The maximum Gasteiger partial charge on any atom is 0.290 e. The second kappa shape index (κ2) is 3.97. The van der Waals surface area contributed by atoms with E-state index in [0.29, 0.717) is 6.42 Å². The van der Waals surface area contributed by atoms with Crippen molar-refractivity contribution in [2.24, 2.45) is 10.2 Å². The number of azo groups is 1. The van der Waals surface area contributed by atoms with Crippen molar-refractivity contribution in [3.63, 3.8) is 0 Å². The van der Waals surface area contributed by atoms with Crippen LogP contribution in [-0.2, 0) is 14.9 Å². The monoisotopic (exact) mass is 218 g/mol. The van der Waals surface area contributed by atoms with Crippen LogP contribution < -0.4 is 0 Å². The lowest BCUT2D eigenvalue weighted by Crippen LogP contribution is -2.21. The Balaban J connectivity index is 2.96. The van der Waals surface area contributed by atoms with Crippen LogP contribution in [0.25, 0.3) is 0 Å². The zero-order chi connectivity index (χ0) is 10.8. The highest BCUT2D eigenvalue weighted by molar-refractivity contribution is 7.86. The van der Waals surface area contributed by atoms with Crippen molar-refractivity contribution in [2.45, 2.75) is 25.0 Å².